The summed E-state index contributed by atoms with van der Waals surface area (Å²) >= 11 is 0. The number of nitrogens with two attached hydrogens (primary N) is 1. The second kappa shape index (κ2) is 6.40. The second-order valence-electron chi connectivity index (χ2n) is 4.70. The van der Waals surface area contributed by atoms with E-state index in [1.54, 1.807) is 0 Å². The van der Waals surface area contributed by atoms with E-state index in [1.807, 2.05) is 30.3 Å². The third-order valence-corrected chi connectivity index (χ3v) is 2.93. The molecule has 1 aromatic rings. The van der Waals surface area contributed by atoms with Gasteiger partial charge in [-0.15, -0.1) is 0 Å². The average Bonchev–Trinajstić information content (AvgIpc) is 2.26. The number of rotatable bonds is 7. The van der Waals surface area contributed by atoms with Crippen molar-refractivity contribution in [2.24, 2.45) is 5.73 Å². The highest BCUT2D eigenvalue weighted by molar-refractivity contribution is 5.68. The highest BCUT2D eigenvalue weighted by Gasteiger charge is 2.27. The van der Waals surface area contributed by atoms with Crippen LogP contribution in [0.2, 0.25) is 0 Å². The molecule has 0 aromatic heterocycles. The Kier molecular flexibility index (Phi) is 5.16. The molecule has 3 nitrogen and oxygen atoms in total. The van der Waals surface area contributed by atoms with Crippen molar-refractivity contribution in [3.05, 3.63) is 35.9 Å². The SMILES string of the molecule is CCCCC(N)(CC(=O)O)Cc1ccccc1. The number of benzene rings is 1. The minimum atomic E-state index is -0.820. The molecule has 0 amide bonds. The van der Waals surface area contributed by atoms with Crippen molar-refractivity contribution >= 4 is 5.97 Å². The third-order valence-electron chi connectivity index (χ3n) is 2.93. The minimum absolute atomic E-state index is 0.0297. The Hall–Kier alpha value is -1.35. The second-order valence-corrected chi connectivity index (χ2v) is 4.70. The van der Waals surface area contributed by atoms with Crippen LogP contribution in [0.5, 0.6) is 0 Å². The van der Waals surface area contributed by atoms with E-state index in [1.165, 1.54) is 0 Å². The Morgan fingerprint density at radius 1 is 1.35 bits per heavy atom. The van der Waals surface area contributed by atoms with Crippen LogP contribution < -0.4 is 5.73 Å². The Morgan fingerprint density at radius 3 is 2.53 bits per heavy atom. The van der Waals surface area contributed by atoms with Gasteiger partial charge in [0.15, 0.2) is 0 Å². The molecule has 0 aliphatic rings. The van der Waals surface area contributed by atoms with Crippen molar-refractivity contribution < 1.29 is 9.90 Å². The molecule has 0 spiro atoms. The molecule has 0 saturated heterocycles. The fraction of sp³-hybridized carbons (Fsp3) is 0.500. The summed E-state index contributed by atoms with van der Waals surface area (Å²) in [4.78, 5) is 10.9. The van der Waals surface area contributed by atoms with E-state index >= 15 is 0 Å². The molecule has 1 atom stereocenters. The van der Waals surface area contributed by atoms with Crippen LogP contribution >= 0.6 is 0 Å². The molecule has 3 heteroatoms. The summed E-state index contributed by atoms with van der Waals surface area (Å²) in [6.45, 7) is 2.09. The van der Waals surface area contributed by atoms with Crippen molar-refractivity contribution in [3.8, 4) is 0 Å². The van der Waals surface area contributed by atoms with Crippen molar-refractivity contribution in [1.82, 2.24) is 0 Å². The lowest BCUT2D eigenvalue weighted by atomic mass is 9.84. The average molecular weight is 235 g/mol. The van der Waals surface area contributed by atoms with Crippen LogP contribution in [0, 0.1) is 0 Å². The van der Waals surface area contributed by atoms with Gasteiger partial charge in [-0.05, 0) is 18.4 Å². The number of aliphatic carboxylic acids is 1. The van der Waals surface area contributed by atoms with Crippen molar-refractivity contribution in [1.29, 1.82) is 0 Å². The molecule has 0 aliphatic carbocycles. The molecule has 0 radical (unpaired) electrons. The van der Waals surface area contributed by atoms with E-state index in [0.717, 1.165) is 24.8 Å². The molecule has 1 rings (SSSR count). The van der Waals surface area contributed by atoms with E-state index < -0.39 is 11.5 Å². The molecule has 17 heavy (non-hydrogen) atoms. The largest absolute Gasteiger partial charge is 0.481 e. The standard InChI is InChI=1S/C14H21NO2/c1-2-3-9-14(15,11-13(16)17)10-12-7-5-4-6-8-12/h4-8H,2-3,9-11,15H2,1H3,(H,16,17). The number of carboxylic acids is 1. The first-order chi connectivity index (χ1) is 8.06. The number of hydrogen-bond donors (Lipinski definition) is 2. The zero-order valence-corrected chi connectivity index (χ0v) is 10.4. The predicted octanol–water partition coefficient (Wildman–Crippen LogP) is 2.59. The summed E-state index contributed by atoms with van der Waals surface area (Å²) in [5, 5.41) is 8.95. The van der Waals surface area contributed by atoms with Gasteiger partial charge in [0.25, 0.3) is 0 Å². The molecule has 1 unspecified atom stereocenters. The van der Waals surface area contributed by atoms with E-state index in [9.17, 15) is 4.79 Å². The maximum Gasteiger partial charge on any atom is 0.305 e. The van der Waals surface area contributed by atoms with E-state index in [4.69, 9.17) is 10.8 Å². The van der Waals surface area contributed by atoms with Crippen molar-refractivity contribution in [2.75, 3.05) is 0 Å². The normalized spacial score (nSPS) is 14.2. The van der Waals surface area contributed by atoms with Crippen LogP contribution in [0.25, 0.3) is 0 Å². The Labute approximate surface area is 103 Å². The van der Waals surface area contributed by atoms with Crippen LogP contribution in [0.4, 0.5) is 0 Å². The number of carbonyl (C=O) groups is 1. The highest BCUT2D eigenvalue weighted by atomic mass is 16.4. The molecule has 0 bridgehead atoms. The lowest BCUT2D eigenvalue weighted by Gasteiger charge is -2.28. The molecule has 0 heterocycles. The fourth-order valence-electron chi connectivity index (χ4n) is 2.07. The van der Waals surface area contributed by atoms with Gasteiger partial charge in [0.05, 0.1) is 6.42 Å². The lowest BCUT2D eigenvalue weighted by molar-refractivity contribution is -0.138. The maximum atomic E-state index is 10.9. The van der Waals surface area contributed by atoms with Crippen LogP contribution in [-0.2, 0) is 11.2 Å². The van der Waals surface area contributed by atoms with Crippen molar-refractivity contribution in [2.45, 2.75) is 44.6 Å². The number of carboxylic acid groups (broad SMARTS) is 1. The zero-order chi connectivity index (χ0) is 12.7. The molecule has 0 saturated carbocycles. The molecular formula is C14H21NO2. The van der Waals surface area contributed by atoms with Crippen LogP contribution in [-0.4, -0.2) is 16.6 Å². The van der Waals surface area contributed by atoms with Crippen molar-refractivity contribution in [3.63, 3.8) is 0 Å². The highest BCUT2D eigenvalue weighted by Crippen LogP contribution is 2.21. The van der Waals surface area contributed by atoms with Crippen LogP contribution in [0.3, 0.4) is 0 Å². The Balaban J connectivity index is 2.72. The van der Waals surface area contributed by atoms with E-state index in [0.29, 0.717) is 6.42 Å². The Morgan fingerprint density at radius 2 is 2.00 bits per heavy atom. The van der Waals surface area contributed by atoms with Gasteiger partial charge in [-0.25, -0.2) is 0 Å². The molecule has 1 aromatic carbocycles. The van der Waals surface area contributed by atoms with Gasteiger partial charge in [0, 0.05) is 5.54 Å². The van der Waals surface area contributed by atoms with Gasteiger partial charge < -0.3 is 10.8 Å². The molecule has 3 N–H and O–H groups in total. The first-order valence-electron chi connectivity index (χ1n) is 6.10. The van der Waals surface area contributed by atoms with E-state index in [-0.39, 0.29) is 6.42 Å². The van der Waals surface area contributed by atoms with Gasteiger partial charge in [0.2, 0.25) is 0 Å². The monoisotopic (exact) mass is 235 g/mol. The summed E-state index contributed by atoms with van der Waals surface area (Å²) < 4.78 is 0. The van der Waals surface area contributed by atoms with E-state index in [2.05, 4.69) is 6.92 Å². The summed E-state index contributed by atoms with van der Waals surface area (Å²) in [7, 11) is 0. The maximum absolute atomic E-state index is 10.9. The van der Waals surface area contributed by atoms with Crippen LogP contribution in [0.15, 0.2) is 30.3 Å². The Bertz CT molecular complexity index is 350. The summed E-state index contributed by atoms with van der Waals surface area (Å²) in [6.07, 6.45) is 3.41. The van der Waals surface area contributed by atoms with Gasteiger partial charge in [-0.3, -0.25) is 4.79 Å². The summed E-state index contributed by atoms with van der Waals surface area (Å²) in [5.41, 5.74) is 6.72. The molecule has 94 valence electrons. The third kappa shape index (κ3) is 5.00. The fourth-order valence-corrected chi connectivity index (χ4v) is 2.07. The van der Waals surface area contributed by atoms with Gasteiger partial charge in [-0.1, -0.05) is 50.1 Å². The lowest BCUT2D eigenvalue weighted by Crippen LogP contribution is -2.44. The van der Waals surface area contributed by atoms with Crippen LogP contribution in [0.1, 0.15) is 38.2 Å². The zero-order valence-electron chi connectivity index (χ0n) is 10.4. The molecular weight excluding hydrogens is 214 g/mol. The summed E-state index contributed by atoms with van der Waals surface area (Å²) in [5.74, 6) is -0.820. The minimum Gasteiger partial charge on any atom is -0.481 e. The molecule has 0 aliphatic heterocycles. The first-order valence-corrected chi connectivity index (χ1v) is 6.10. The van der Waals surface area contributed by atoms with Gasteiger partial charge in [-0.2, -0.15) is 0 Å². The topological polar surface area (TPSA) is 63.3 Å². The number of unbranched alkanes of at least 4 members (excludes halogenated alkanes) is 1. The molecule has 0 fully saturated rings. The first kappa shape index (κ1) is 13.7. The number of hydrogen-bond acceptors (Lipinski definition) is 2. The summed E-state index contributed by atoms with van der Waals surface area (Å²) in [6, 6.07) is 9.85. The van der Waals surface area contributed by atoms with Gasteiger partial charge >= 0.3 is 5.97 Å². The van der Waals surface area contributed by atoms with Gasteiger partial charge in [0.1, 0.15) is 0 Å². The predicted molar refractivity (Wildman–Crippen MR) is 68.8 cm³/mol. The quantitative estimate of drug-likeness (QED) is 0.763. The smallest absolute Gasteiger partial charge is 0.305 e.